The second-order valence-electron chi connectivity index (χ2n) is 7.69. The predicted molar refractivity (Wildman–Crippen MR) is 96.7 cm³/mol. The summed E-state index contributed by atoms with van der Waals surface area (Å²) in [6.07, 6.45) is 0. The summed E-state index contributed by atoms with van der Waals surface area (Å²) in [5.41, 5.74) is 2.60. The number of amides is 3. The summed E-state index contributed by atoms with van der Waals surface area (Å²) in [5, 5.41) is 6.75. The zero-order valence-corrected chi connectivity index (χ0v) is 15.9. The molecule has 3 amide bonds. The molecular weight excluding hydrogens is 302 g/mol. The molecule has 0 saturated carbocycles. The van der Waals surface area contributed by atoms with E-state index in [-0.39, 0.29) is 23.4 Å². The highest BCUT2D eigenvalue weighted by atomic mass is 16.2. The Morgan fingerprint density at radius 1 is 1.04 bits per heavy atom. The van der Waals surface area contributed by atoms with E-state index in [1.807, 2.05) is 12.2 Å². The van der Waals surface area contributed by atoms with Crippen LogP contribution in [0.4, 0.5) is 4.79 Å². The molecule has 0 heterocycles. The van der Waals surface area contributed by atoms with Crippen molar-refractivity contribution in [1.29, 1.82) is 0 Å². The van der Waals surface area contributed by atoms with Crippen molar-refractivity contribution < 1.29 is 14.9 Å². The number of hydrogen-bond acceptors (Lipinski definition) is 2. The van der Waals surface area contributed by atoms with Crippen LogP contribution in [0.15, 0.2) is 24.3 Å². The Morgan fingerprint density at radius 2 is 1.58 bits per heavy atom. The standard InChI is InChI=1S/C19H31N3O2/c1-12(2)16(21-13(3)17(23)22-18(24)20-7)14-8-10-15(11-9-14)19(4,5)6/h8-13,16,21H,1-7H3,(H2,20,22,23,24)/p+1/t13-,16+/m1/s1. The molecule has 1 aromatic carbocycles. The van der Waals surface area contributed by atoms with Crippen LogP contribution < -0.4 is 16.0 Å². The Kier molecular flexibility index (Phi) is 6.96. The molecule has 2 atom stereocenters. The van der Waals surface area contributed by atoms with Crippen molar-refractivity contribution in [3.63, 3.8) is 0 Å². The Balaban J connectivity index is 2.87. The third kappa shape index (κ3) is 5.64. The minimum atomic E-state index is -0.476. The van der Waals surface area contributed by atoms with Crippen molar-refractivity contribution >= 4 is 11.9 Å². The fraction of sp³-hybridized carbons (Fsp3) is 0.579. The summed E-state index contributed by atoms with van der Waals surface area (Å²) in [6.45, 7) is 12.7. The summed E-state index contributed by atoms with van der Waals surface area (Å²) < 4.78 is 0. The van der Waals surface area contributed by atoms with Crippen LogP contribution in [0.5, 0.6) is 0 Å². The largest absolute Gasteiger partial charge is 0.341 e. The molecule has 1 aromatic rings. The molecule has 0 radical (unpaired) electrons. The number of benzene rings is 1. The Labute approximate surface area is 145 Å². The quantitative estimate of drug-likeness (QED) is 0.771. The van der Waals surface area contributed by atoms with Crippen molar-refractivity contribution in [3.05, 3.63) is 35.4 Å². The number of carbonyl (C=O) groups is 2. The van der Waals surface area contributed by atoms with E-state index >= 15 is 0 Å². The fourth-order valence-corrected chi connectivity index (χ4v) is 2.61. The monoisotopic (exact) mass is 334 g/mol. The van der Waals surface area contributed by atoms with E-state index in [0.717, 1.165) is 0 Å². The van der Waals surface area contributed by atoms with Crippen LogP contribution in [-0.4, -0.2) is 25.0 Å². The maximum Gasteiger partial charge on any atom is 0.321 e. The van der Waals surface area contributed by atoms with E-state index in [2.05, 4.69) is 69.5 Å². The fourth-order valence-electron chi connectivity index (χ4n) is 2.61. The highest BCUT2D eigenvalue weighted by Gasteiger charge is 2.27. The van der Waals surface area contributed by atoms with Gasteiger partial charge in [0.2, 0.25) is 0 Å². The lowest BCUT2D eigenvalue weighted by molar-refractivity contribution is -0.719. The molecule has 0 aliphatic rings. The first-order valence-electron chi connectivity index (χ1n) is 8.54. The number of urea groups is 1. The predicted octanol–water partition coefficient (Wildman–Crippen LogP) is 2.09. The molecule has 134 valence electrons. The highest BCUT2D eigenvalue weighted by molar-refractivity contribution is 5.95. The van der Waals surface area contributed by atoms with Crippen LogP contribution in [-0.2, 0) is 10.2 Å². The van der Waals surface area contributed by atoms with E-state index < -0.39 is 6.03 Å². The van der Waals surface area contributed by atoms with Gasteiger partial charge in [-0.05, 0) is 17.9 Å². The van der Waals surface area contributed by atoms with Gasteiger partial charge in [0, 0.05) is 18.5 Å². The Morgan fingerprint density at radius 3 is 2.00 bits per heavy atom. The zero-order valence-electron chi connectivity index (χ0n) is 15.9. The molecule has 5 nitrogen and oxygen atoms in total. The average Bonchev–Trinajstić information content (AvgIpc) is 2.51. The van der Waals surface area contributed by atoms with Crippen molar-refractivity contribution in [3.8, 4) is 0 Å². The van der Waals surface area contributed by atoms with Gasteiger partial charge in [-0.3, -0.25) is 10.1 Å². The van der Waals surface area contributed by atoms with E-state index in [1.54, 1.807) is 0 Å². The molecule has 0 unspecified atom stereocenters. The molecule has 0 aromatic heterocycles. The number of nitrogens with one attached hydrogen (secondary N) is 2. The van der Waals surface area contributed by atoms with Crippen LogP contribution in [0.2, 0.25) is 0 Å². The molecule has 0 aliphatic heterocycles. The van der Waals surface area contributed by atoms with Crippen LogP contribution >= 0.6 is 0 Å². The van der Waals surface area contributed by atoms with Crippen molar-refractivity contribution in [2.75, 3.05) is 7.05 Å². The maximum absolute atomic E-state index is 12.1. The molecule has 0 spiro atoms. The molecule has 0 aliphatic carbocycles. The SMILES string of the molecule is CNC(=O)NC(=O)[C@@H](C)[NH2+][C@H](c1ccc(C(C)(C)C)cc1)C(C)C. The van der Waals surface area contributed by atoms with Gasteiger partial charge in [-0.1, -0.05) is 58.9 Å². The van der Waals surface area contributed by atoms with Crippen molar-refractivity contribution in [2.24, 2.45) is 5.92 Å². The van der Waals surface area contributed by atoms with Crippen LogP contribution in [0.3, 0.4) is 0 Å². The molecular formula is C19H32N3O2+. The van der Waals surface area contributed by atoms with Gasteiger partial charge in [0.15, 0.2) is 6.04 Å². The molecule has 0 saturated heterocycles. The summed E-state index contributed by atoms with van der Waals surface area (Å²) >= 11 is 0. The molecule has 0 bridgehead atoms. The first-order chi connectivity index (χ1) is 11.1. The number of hydrogen-bond donors (Lipinski definition) is 3. The molecule has 0 fully saturated rings. The maximum atomic E-state index is 12.1. The minimum Gasteiger partial charge on any atom is -0.341 e. The lowest BCUT2D eigenvalue weighted by Crippen LogP contribution is -2.93. The van der Waals surface area contributed by atoms with Gasteiger partial charge in [0.25, 0.3) is 5.91 Å². The Bertz CT molecular complexity index is 559. The second kappa shape index (κ2) is 8.29. The summed E-state index contributed by atoms with van der Waals surface area (Å²) in [7, 11) is 1.49. The summed E-state index contributed by atoms with van der Waals surface area (Å²) in [5.74, 6) is 0.0760. The van der Waals surface area contributed by atoms with Gasteiger partial charge < -0.3 is 10.6 Å². The number of quaternary nitrogens is 1. The third-order valence-electron chi connectivity index (χ3n) is 4.25. The van der Waals surface area contributed by atoms with E-state index in [4.69, 9.17) is 0 Å². The second-order valence-corrected chi connectivity index (χ2v) is 7.69. The van der Waals surface area contributed by atoms with E-state index in [0.29, 0.717) is 5.92 Å². The normalized spacial score (nSPS) is 14.2. The van der Waals surface area contributed by atoms with Gasteiger partial charge in [-0.2, -0.15) is 0 Å². The molecule has 1 rings (SSSR count). The zero-order chi connectivity index (χ0) is 18.5. The smallest absolute Gasteiger partial charge is 0.321 e. The average molecular weight is 334 g/mol. The van der Waals surface area contributed by atoms with Crippen LogP contribution in [0, 0.1) is 5.92 Å². The van der Waals surface area contributed by atoms with E-state index in [1.165, 1.54) is 18.2 Å². The van der Waals surface area contributed by atoms with E-state index in [9.17, 15) is 9.59 Å². The molecule has 4 N–H and O–H groups in total. The lowest BCUT2D eigenvalue weighted by atomic mass is 9.85. The van der Waals surface area contributed by atoms with Gasteiger partial charge >= 0.3 is 6.03 Å². The van der Waals surface area contributed by atoms with Gasteiger partial charge in [0.1, 0.15) is 6.04 Å². The number of imide groups is 1. The lowest BCUT2D eigenvalue weighted by Gasteiger charge is -2.24. The minimum absolute atomic E-state index is 0.121. The van der Waals surface area contributed by atoms with Crippen LogP contribution in [0.25, 0.3) is 0 Å². The van der Waals surface area contributed by atoms with Gasteiger partial charge in [0.05, 0.1) is 0 Å². The topological polar surface area (TPSA) is 74.8 Å². The Hall–Kier alpha value is -1.88. The number of nitrogens with two attached hydrogens (primary N) is 1. The summed E-state index contributed by atoms with van der Waals surface area (Å²) in [6, 6.07) is 7.94. The highest BCUT2D eigenvalue weighted by Crippen LogP contribution is 2.25. The summed E-state index contributed by atoms with van der Waals surface area (Å²) in [4.78, 5) is 23.4. The number of carbonyl (C=O) groups excluding carboxylic acids is 2. The first-order valence-corrected chi connectivity index (χ1v) is 8.54. The van der Waals surface area contributed by atoms with Gasteiger partial charge in [-0.25, -0.2) is 4.79 Å². The van der Waals surface area contributed by atoms with Crippen molar-refractivity contribution in [2.45, 2.75) is 59.0 Å². The van der Waals surface area contributed by atoms with Crippen molar-refractivity contribution in [1.82, 2.24) is 10.6 Å². The molecule has 24 heavy (non-hydrogen) atoms. The van der Waals surface area contributed by atoms with Crippen LogP contribution in [0.1, 0.15) is 58.7 Å². The molecule has 5 heteroatoms. The number of rotatable bonds is 5. The first kappa shape index (κ1) is 20.2. The third-order valence-corrected chi connectivity index (χ3v) is 4.25. The van der Waals surface area contributed by atoms with Gasteiger partial charge in [-0.15, -0.1) is 0 Å².